The molecule has 0 aliphatic rings. The summed E-state index contributed by atoms with van der Waals surface area (Å²) < 4.78 is 0. The highest BCUT2D eigenvalue weighted by Crippen LogP contribution is 2.20. The number of nitrogens with zero attached hydrogens (tertiary/aromatic N) is 3. The summed E-state index contributed by atoms with van der Waals surface area (Å²) in [6.07, 6.45) is 1.40. The minimum Gasteiger partial charge on any atom is -0.383 e. The molecule has 3 N–H and O–H groups in total. The summed E-state index contributed by atoms with van der Waals surface area (Å²) in [6.45, 7) is 1.84. The summed E-state index contributed by atoms with van der Waals surface area (Å²) in [7, 11) is 0. The second kappa shape index (κ2) is 4.49. The van der Waals surface area contributed by atoms with Crippen LogP contribution in [0.5, 0.6) is 0 Å². The van der Waals surface area contributed by atoms with E-state index in [-0.39, 0.29) is 0 Å². The van der Waals surface area contributed by atoms with E-state index in [9.17, 15) is 0 Å². The van der Waals surface area contributed by atoms with Crippen LogP contribution in [0.4, 0.5) is 17.3 Å². The number of aromatic nitrogens is 2. The largest absolute Gasteiger partial charge is 0.383 e. The van der Waals surface area contributed by atoms with Crippen molar-refractivity contribution in [1.29, 1.82) is 5.26 Å². The molecule has 2 rings (SSSR count). The van der Waals surface area contributed by atoms with Crippen LogP contribution in [0, 0.1) is 18.3 Å². The zero-order chi connectivity index (χ0) is 12.3. The van der Waals surface area contributed by atoms with Gasteiger partial charge in [0.15, 0.2) is 0 Å². The Labute approximate surface area is 98.9 Å². The summed E-state index contributed by atoms with van der Waals surface area (Å²) in [5, 5.41) is 11.9. The molecule has 0 atom stereocenters. The fourth-order valence-electron chi connectivity index (χ4n) is 1.39. The van der Waals surface area contributed by atoms with E-state index in [1.165, 1.54) is 6.33 Å². The smallest absolute Gasteiger partial charge is 0.138 e. The summed E-state index contributed by atoms with van der Waals surface area (Å²) >= 11 is 0. The second-order valence-corrected chi connectivity index (χ2v) is 3.55. The first-order chi connectivity index (χ1) is 8.20. The van der Waals surface area contributed by atoms with E-state index in [0.717, 1.165) is 11.3 Å². The number of nitrogens with two attached hydrogens (primary N) is 1. The Kier molecular flexibility index (Phi) is 2.88. The Bertz CT molecular complexity index is 586. The topological polar surface area (TPSA) is 87.6 Å². The molecule has 1 aromatic carbocycles. The maximum atomic E-state index is 8.80. The number of hydrogen-bond acceptors (Lipinski definition) is 5. The third-order valence-electron chi connectivity index (χ3n) is 2.38. The van der Waals surface area contributed by atoms with Crippen LogP contribution in [0.1, 0.15) is 11.1 Å². The number of nitrogen functional groups attached to an aromatic ring is 1. The summed E-state index contributed by atoms with van der Waals surface area (Å²) in [6, 6.07) is 9.24. The molecule has 84 valence electrons. The van der Waals surface area contributed by atoms with Gasteiger partial charge in [-0.05, 0) is 25.1 Å². The molecular weight excluding hydrogens is 214 g/mol. The van der Waals surface area contributed by atoms with Crippen molar-refractivity contribution in [1.82, 2.24) is 9.97 Å². The van der Waals surface area contributed by atoms with E-state index in [0.29, 0.717) is 17.2 Å². The van der Waals surface area contributed by atoms with Gasteiger partial charge in [-0.3, -0.25) is 0 Å². The monoisotopic (exact) mass is 225 g/mol. The van der Waals surface area contributed by atoms with Gasteiger partial charge in [0.05, 0.1) is 11.6 Å². The first-order valence-corrected chi connectivity index (χ1v) is 5.05. The van der Waals surface area contributed by atoms with Gasteiger partial charge in [0.1, 0.15) is 18.0 Å². The average molecular weight is 225 g/mol. The van der Waals surface area contributed by atoms with Gasteiger partial charge in [0.25, 0.3) is 0 Å². The molecule has 0 unspecified atom stereocenters. The number of nitriles is 1. The molecule has 1 heterocycles. The third kappa shape index (κ3) is 2.32. The Morgan fingerprint density at radius 2 is 2.18 bits per heavy atom. The van der Waals surface area contributed by atoms with Crippen LogP contribution in [-0.2, 0) is 0 Å². The average Bonchev–Trinajstić information content (AvgIpc) is 2.35. The second-order valence-electron chi connectivity index (χ2n) is 3.55. The SMILES string of the molecule is Cc1c(N)ncnc1Nc1cccc(C#N)c1. The standard InChI is InChI=1S/C12H11N5/c1-8-11(14)15-7-16-12(8)17-10-4-2-3-9(5-10)6-13/h2-5,7H,1H3,(H3,14,15,16,17). The van der Waals surface area contributed by atoms with E-state index in [1.807, 2.05) is 13.0 Å². The zero-order valence-electron chi connectivity index (χ0n) is 9.31. The van der Waals surface area contributed by atoms with Gasteiger partial charge in [-0.15, -0.1) is 0 Å². The van der Waals surface area contributed by atoms with E-state index < -0.39 is 0 Å². The van der Waals surface area contributed by atoms with Gasteiger partial charge in [0.2, 0.25) is 0 Å². The first-order valence-electron chi connectivity index (χ1n) is 5.05. The van der Waals surface area contributed by atoms with Gasteiger partial charge >= 0.3 is 0 Å². The van der Waals surface area contributed by atoms with Crippen molar-refractivity contribution in [3.63, 3.8) is 0 Å². The molecule has 0 saturated heterocycles. The lowest BCUT2D eigenvalue weighted by Crippen LogP contribution is -2.02. The highest BCUT2D eigenvalue weighted by molar-refractivity contribution is 5.64. The molecule has 0 bridgehead atoms. The van der Waals surface area contributed by atoms with Crippen LogP contribution in [0.15, 0.2) is 30.6 Å². The van der Waals surface area contributed by atoms with E-state index >= 15 is 0 Å². The molecule has 17 heavy (non-hydrogen) atoms. The highest BCUT2D eigenvalue weighted by atomic mass is 15.0. The maximum absolute atomic E-state index is 8.80. The normalized spacial score (nSPS) is 9.65. The van der Waals surface area contributed by atoms with Crippen molar-refractivity contribution in [2.45, 2.75) is 6.92 Å². The van der Waals surface area contributed by atoms with Gasteiger partial charge in [-0.2, -0.15) is 5.26 Å². The van der Waals surface area contributed by atoms with Crippen LogP contribution >= 0.6 is 0 Å². The van der Waals surface area contributed by atoms with Gasteiger partial charge in [-0.25, -0.2) is 9.97 Å². The Balaban J connectivity index is 2.32. The fourth-order valence-corrected chi connectivity index (χ4v) is 1.39. The molecule has 0 aliphatic carbocycles. The molecule has 0 saturated carbocycles. The summed E-state index contributed by atoms with van der Waals surface area (Å²) in [5.74, 6) is 1.09. The Hall–Kier alpha value is -2.61. The van der Waals surface area contributed by atoms with Crippen LogP contribution in [0.25, 0.3) is 0 Å². The molecule has 1 aromatic heterocycles. The summed E-state index contributed by atoms with van der Waals surface area (Å²) in [5.41, 5.74) is 7.86. The van der Waals surface area contributed by atoms with Crippen LogP contribution < -0.4 is 11.1 Å². The molecule has 5 heteroatoms. The number of anilines is 3. The Morgan fingerprint density at radius 3 is 2.94 bits per heavy atom. The minimum atomic E-state index is 0.443. The lowest BCUT2D eigenvalue weighted by atomic mass is 10.2. The van der Waals surface area contributed by atoms with Crippen molar-refractivity contribution in [3.8, 4) is 6.07 Å². The highest BCUT2D eigenvalue weighted by Gasteiger charge is 2.04. The quantitative estimate of drug-likeness (QED) is 0.815. The van der Waals surface area contributed by atoms with Crippen LogP contribution in [0.3, 0.4) is 0 Å². The number of nitrogens with one attached hydrogen (secondary N) is 1. The van der Waals surface area contributed by atoms with E-state index in [4.69, 9.17) is 11.0 Å². The first kappa shape index (κ1) is 10.9. The molecule has 0 aliphatic heterocycles. The fraction of sp³-hybridized carbons (Fsp3) is 0.0833. The molecule has 2 aromatic rings. The Morgan fingerprint density at radius 1 is 1.35 bits per heavy atom. The minimum absolute atomic E-state index is 0.443. The number of hydrogen-bond donors (Lipinski definition) is 2. The van der Waals surface area contributed by atoms with Gasteiger partial charge < -0.3 is 11.1 Å². The zero-order valence-corrected chi connectivity index (χ0v) is 9.31. The lowest BCUT2D eigenvalue weighted by molar-refractivity contribution is 1.14. The molecule has 0 amide bonds. The summed E-state index contributed by atoms with van der Waals surface area (Å²) in [4.78, 5) is 7.99. The van der Waals surface area contributed by atoms with Crippen LogP contribution in [0.2, 0.25) is 0 Å². The molecule has 0 radical (unpaired) electrons. The maximum Gasteiger partial charge on any atom is 0.138 e. The van der Waals surface area contributed by atoms with Crippen molar-refractivity contribution < 1.29 is 0 Å². The molecular formula is C12H11N5. The van der Waals surface area contributed by atoms with Crippen molar-refractivity contribution in [3.05, 3.63) is 41.7 Å². The van der Waals surface area contributed by atoms with Gasteiger partial charge in [0, 0.05) is 11.3 Å². The van der Waals surface area contributed by atoms with Crippen LogP contribution in [-0.4, -0.2) is 9.97 Å². The van der Waals surface area contributed by atoms with Crippen molar-refractivity contribution in [2.24, 2.45) is 0 Å². The number of benzene rings is 1. The number of rotatable bonds is 2. The lowest BCUT2D eigenvalue weighted by Gasteiger charge is -2.09. The van der Waals surface area contributed by atoms with E-state index in [2.05, 4.69) is 21.4 Å². The van der Waals surface area contributed by atoms with Crippen molar-refractivity contribution in [2.75, 3.05) is 11.1 Å². The molecule has 0 fully saturated rings. The molecule has 0 spiro atoms. The predicted molar refractivity (Wildman–Crippen MR) is 65.6 cm³/mol. The van der Waals surface area contributed by atoms with Crippen molar-refractivity contribution >= 4 is 17.3 Å². The van der Waals surface area contributed by atoms with Gasteiger partial charge in [-0.1, -0.05) is 6.07 Å². The molecule has 5 nitrogen and oxygen atoms in total. The predicted octanol–water partition coefficient (Wildman–Crippen LogP) is 1.98. The third-order valence-corrected chi connectivity index (χ3v) is 2.38. The van der Waals surface area contributed by atoms with E-state index in [1.54, 1.807) is 18.2 Å².